The molecule has 0 saturated heterocycles. The molecule has 0 aromatic heterocycles. The maximum atomic E-state index is 9.00. The van der Waals surface area contributed by atoms with Crippen LogP contribution in [0.2, 0.25) is 0 Å². The SMILES string of the molecule is C(=C\c1cc(OCCCNC2=NCCC2)cc(OCCCNC2=NCCC2)c1)/c1ccc(/C=C/c2cc(OCCCNC3=NCCC3)cc(OCCCNC3=NCCC3)c2)cc1.CC(=O)O.CC(=O)O.CC(=O)O.CC(=O)O. The standard InChI is InChI=1S/C50H66N8O4.4C2H4O2/c1-9-47(51-21-1)55-25-5-29-59-43-33-41(34-44(37-43)60-30-6-26-56-48-10-2-22-52-48)19-17-39-13-15-40(16-14-39)18-20-42-35-45(61-31-7-27-57-49-11-3-23-53-49)38-46(36-42)62-32-8-28-58-50-12-4-24-54-50;4*1-2(3)4/h13-20,33-38H,1-12,21-32H2,(H,51,55)(H,52,56)(H,53,57)(H,54,58);4*1H3,(H,3,4)/b19-17+,20-18+;;;;. The Morgan fingerprint density at radius 3 is 0.821 bits per heavy atom. The van der Waals surface area contributed by atoms with Gasteiger partial charge in [0.2, 0.25) is 0 Å². The third kappa shape index (κ3) is 33.2. The highest BCUT2D eigenvalue weighted by atomic mass is 16.5. The van der Waals surface area contributed by atoms with Crippen molar-refractivity contribution in [3.05, 3.63) is 82.9 Å². The van der Waals surface area contributed by atoms with Crippen LogP contribution in [-0.4, -0.2) is 146 Å². The Bertz CT molecular complexity index is 2160. The molecule has 3 aromatic carbocycles. The van der Waals surface area contributed by atoms with Crippen LogP contribution in [0, 0.1) is 0 Å². The van der Waals surface area contributed by atoms with E-state index in [1.165, 1.54) is 0 Å². The number of carboxylic acid groups (broad SMARTS) is 4. The lowest BCUT2D eigenvalue weighted by Crippen LogP contribution is -2.23. The number of carbonyl (C=O) groups is 4. The number of rotatable bonds is 24. The second kappa shape index (κ2) is 39.5. The minimum absolute atomic E-state index is 0.614. The van der Waals surface area contributed by atoms with Crippen molar-refractivity contribution < 1.29 is 58.6 Å². The number of benzene rings is 3. The molecule has 20 heteroatoms. The molecule has 0 fully saturated rings. The Morgan fingerprint density at radius 2 is 0.615 bits per heavy atom. The van der Waals surface area contributed by atoms with E-state index < -0.39 is 23.9 Å². The first kappa shape index (κ1) is 64.4. The monoisotopic (exact) mass is 1080 g/mol. The molecule has 4 heterocycles. The number of amidine groups is 4. The van der Waals surface area contributed by atoms with Crippen LogP contribution in [0.5, 0.6) is 23.0 Å². The van der Waals surface area contributed by atoms with Gasteiger partial charge in [0.15, 0.2) is 0 Å². The summed E-state index contributed by atoms with van der Waals surface area (Å²) in [5, 5.41) is 43.4. The molecule has 0 aliphatic carbocycles. The number of aliphatic carboxylic acids is 4. The lowest BCUT2D eigenvalue weighted by Gasteiger charge is -2.12. The fraction of sp³-hybridized carbons (Fsp3) is 0.483. The lowest BCUT2D eigenvalue weighted by molar-refractivity contribution is -0.135. The molecule has 0 saturated carbocycles. The molecule has 7 rings (SSSR count). The fourth-order valence-corrected chi connectivity index (χ4v) is 7.53. The van der Waals surface area contributed by atoms with Crippen molar-refractivity contribution in [1.82, 2.24) is 21.3 Å². The summed E-state index contributed by atoms with van der Waals surface area (Å²) in [6.07, 6.45) is 20.8. The Hall–Kier alpha value is -7.90. The van der Waals surface area contributed by atoms with E-state index in [0.29, 0.717) is 26.4 Å². The summed E-state index contributed by atoms with van der Waals surface area (Å²) in [7, 11) is 0. The van der Waals surface area contributed by atoms with Crippen LogP contribution in [0.15, 0.2) is 80.6 Å². The predicted octanol–water partition coefficient (Wildman–Crippen LogP) is 8.59. The van der Waals surface area contributed by atoms with Gasteiger partial charge in [0.05, 0.1) is 49.8 Å². The highest BCUT2D eigenvalue weighted by molar-refractivity contribution is 5.85. The zero-order valence-corrected chi connectivity index (χ0v) is 45.9. The first-order valence-electron chi connectivity index (χ1n) is 26.8. The van der Waals surface area contributed by atoms with Gasteiger partial charge in [-0.05, 0) is 97.9 Å². The maximum Gasteiger partial charge on any atom is 0.300 e. The molecule has 0 amide bonds. The summed E-state index contributed by atoms with van der Waals surface area (Å²) in [6.45, 7) is 13.9. The van der Waals surface area contributed by atoms with Crippen molar-refractivity contribution >= 4 is 71.5 Å². The van der Waals surface area contributed by atoms with Gasteiger partial charge in [0.1, 0.15) is 23.0 Å². The molecule has 4 aliphatic rings. The molecule has 20 nitrogen and oxygen atoms in total. The van der Waals surface area contributed by atoms with E-state index in [2.05, 4.69) is 114 Å². The van der Waals surface area contributed by atoms with E-state index in [4.69, 9.17) is 58.6 Å². The Morgan fingerprint density at radius 1 is 0.397 bits per heavy atom. The molecule has 0 unspecified atom stereocenters. The molecule has 8 N–H and O–H groups in total. The van der Waals surface area contributed by atoms with Crippen LogP contribution in [0.4, 0.5) is 0 Å². The molecule has 4 aliphatic heterocycles. The third-order valence-electron chi connectivity index (χ3n) is 10.9. The number of nitrogens with one attached hydrogen (secondary N) is 4. The van der Waals surface area contributed by atoms with Crippen LogP contribution in [0.3, 0.4) is 0 Å². The largest absolute Gasteiger partial charge is 0.493 e. The lowest BCUT2D eigenvalue weighted by atomic mass is 10.1. The van der Waals surface area contributed by atoms with E-state index in [1.54, 1.807) is 0 Å². The average Bonchev–Trinajstić information content (AvgIpc) is 4.26. The van der Waals surface area contributed by atoms with Crippen molar-refractivity contribution in [2.45, 2.75) is 105 Å². The van der Waals surface area contributed by atoms with Gasteiger partial charge in [0.25, 0.3) is 23.9 Å². The van der Waals surface area contributed by atoms with Crippen LogP contribution in [0.1, 0.15) is 127 Å². The molecular formula is C58H82N8O12. The summed E-state index contributed by atoms with van der Waals surface area (Å²) in [4.78, 5) is 54.0. The maximum absolute atomic E-state index is 9.00. The Kier molecular flexibility index (Phi) is 32.6. The topological polar surface area (TPSA) is 284 Å². The summed E-state index contributed by atoms with van der Waals surface area (Å²) < 4.78 is 24.9. The molecule has 0 atom stereocenters. The van der Waals surface area contributed by atoms with Crippen LogP contribution >= 0.6 is 0 Å². The summed E-state index contributed by atoms with van der Waals surface area (Å²) in [5.41, 5.74) is 4.26. The molecule has 3 aromatic rings. The van der Waals surface area contributed by atoms with Crippen LogP contribution in [-0.2, 0) is 19.2 Å². The average molecular weight is 1080 g/mol. The summed E-state index contributed by atoms with van der Waals surface area (Å²) in [5.74, 6) is 4.38. The number of carboxylic acids is 4. The van der Waals surface area contributed by atoms with Gasteiger partial charge in [-0.2, -0.15) is 0 Å². The van der Waals surface area contributed by atoms with Gasteiger partial charge >= 0.3 is 0 Å². The normalized spacial score (nSPS) is 14.0. The van der Waals surface area contributed by atoms with E-state index >= 15 is 0 Å². The van der Waals surface area contributed by atoms with Gasteiger partial charge in [-0.3, -0.25) is 39.1 Å². The number of ether oxygens (including phenoxy) is 4. The summed E-state index contributed by atoms with van der Waals surface area (Å²) >= 11 is 0. The van der Waals surface area contributed by atoms with E-state index in [1.807, 2.05) is 12.1 Å². The van der Waals surface area contributed by atoms with Gasteiger partial charge in [-0.15, -0.1) is 0 Å². The third-order valence-corrected chi connectivity index (χ3v) is 10.9. The first-order chi connectivity index (χ1) is 37.6. The zero-order chi connectivity index (χ0) is 56.6. The number of aliphatic imine (C=N–C) groups is 4. The van der Waals surface area contributed by atoms with Crippen LogP contribution in [0.25, 0.3) is 24.3 Å². The number of hydrogen-bond donors (Lipinski definition) is 8. The molecule has 0 bridgehead atoms. The number of nitrogens with zero attached hydrogens (tertiary/aromatic N) is 4. The Labute approximate surface area is 459 Å². The quantitative estimate of drug-likeness (QED) is 0.0308. The van der Waals surface area contributed by atoms with Gasteiger partial charge < -0.3 is 60.6 Å². The first-order valence-corrected chi connectivity index (χ1v) is 26.8. The zero-order valence-electron chi connectivity index (χ0n) is 45.9. The highest BCUT2D eigenvalue weighted by Crippen LogP contribution is 2.27. The van der Waals surface area contributed by atoms with Crippen molar-refractivity contribution in [2.75, 3.05) is 78.8 Å². The minimum Gasteiger partial charge on any atom is -0.493 e. The molecule has 0 spiro atoms. The van der Waals surface area contributed by atoms with Gasteiger partial charge in [-0.1, -0.05) is 48.6 Å². The Balaban J connectivity index is 0.000000882. The predicted molar refractivity (Wildman–Crippen MR) is 309 cm³/mol. The van der Waals surface area contributed by atoms with E-state index in [-0.39, 0.29) is 0 Å². The molecule has 0 radical (unpaired) electrons. The highest BCUT2D eigenvalue weighted by Gasteiger charge is 2.10. The van der Waals surface area contributed by atoms with Gasteiger partial charge in [0, 0.05) is 118 Å². The minimum atomic E-state index is -0.833. The van der Waals surface area contributed by atoms with E-state index in [9.17, 15) is 0 Å². The van der Waals surface area contributed by atoms with Crippen molar-refractivity contribution in [1.29, 1.82) is 0 Å². The van der Waals surface area contributed by atoms with Crippen molar-refractivity contribution in [3.63, 3.8) is 0 Å². The number of hydrogen-bond acceptors (Lipinski definition) is 16. The molecular weight excluding hydrogens is 1000 g/mol. The second-order valence-electron chi connectivity index (χ2n) is 18.1. The second-order valence-corrected chi connectivity index (χ2v) is 18.1. The fourth-order valence-electron chi connectivity index (χ4n) is 7.53. The van der Waals surface area contributed by atoms with Gasteiger partial charge in [-0.25, -0.2) is 0 Å². The van der Waals surface area contributed by atoms with Crippen LogP contribution < -0.4 is 40.2 Å². The molecule has 426 valence electrons. The summed E-state index contributed by atoms with van der Waals surface area (Å²) in [6, 6.07) is 20.9. The van der Waals surface area contributed by atoms with Crippen molar-refractivity contribution in [2.24, 2.45) is 20.0 Å². The smallest absolute Gasteiger partial charge is 0.300 e. The molecule has 78 heavy (non-hydrogen) atoms. The van der Waals surface area contributed by atoms with E-state index in [0.717, 1.165) is 226 Å². The van der Waals surface area contributed by atoms with Crippen molar-refractivity contribution in [3.8, 4) is 23.0 Å².